The van der Waals surface area contributed by atoms with Crippen LogP contribution in [0, 0.1) is 5.92 Å². The van der Waals surface area contributed by atoms with Gasteiger partial charge in [0.1, 0.15) is 5.69 Å². The Morgan fingerprint density at radius 1 is 1.55 bits per heavy atom. The van der Waals surface area contributed by atoms with Crippen molar-refractivity contribution in [3.63, 3.8) is 0 Å². The van der Waals surface area contributed by atoms with Crippen molar-refractivity contribution >= 4 is 5.78 Å². The molecule has 0 spiro atoms. The van der Waals surface area contributed by atoms with Crippen molar-refractivity contribution in [2.24, 2.45) is 5.92 Å². The van der Waals surface area contributed by atoms with E-state index in [-0.39, 0.29) is 11.3 Å². The van der Waals surface area contributed by atoms with Crippen molar-refractivity contribution in [3.05, 3.63) is 18.0 Å². The molecule has 112 valence electrons. The van der Waals surface area contributed by atoms with E-state index in [1.807, 2.05) is 24.8 Å². The molecular formula is C16H27N3O. The van der Waals surface area contributed by atoms with Crippen LogP contribution in [0.4, 0.5) is 0 Å². The summed E-state index contributed by atoms with van der Waals surface area (Å²) in [6, 6.07) is 1.88. The molecule has 1 aliphatic rings. The van der Waals surface area contributed by atoms with Gasteiger partial charge in [-0.1, -0.05) is 26.7 Å². The summed E-state index contributed by atoms with van der Waals surface area (Å²) in [7, 11) is 4.08. The van der Waals surface area contributed by atoms with E-state index < -0.39 is 0 Å². The molecular weight excluding hydrogens is 250 g/mol. The van der Waals surface area contributed by atoms with Crippen LogP contribution in [-0.4, -0.2) is 40.1 Å². The zero-order valence-corrected chi connectivity index (χ0v) is 13.2. The molecule has 4 nitrogen and oxygen atoms in total. The molecule has 1 aliphatic carbocycles. The Labute approximate surface area is 122 Å². The summed E-state index contributed by atoms with van der Waals surface area (Å²) in [6.45, 7) is 5.18. The second kappa shape index (κ2) is 6.08. The highest BCUT2D eigenvalue weighted by molar-refractivity contribution is 6.02. The van der Waals surface area contributed by atoms with Crippen molar-refractivity contribution in [2.75, 3.05) is 14.1 Å². The Hall–Kier alpha value is -1.16. The lowest BCUT2D eigenvalue weighted by Crippen LogP contribution is -2.54. The fraction of sp³-hybridized carbons (Fsp3) is 0.750. The van der Waals surface area contributed by atoms with Gasteiger partial charge >= 0.3 is 0 Å². The molecule has 20 heavy (non-hydrogen) atoms. The molecule has 0 radical (unpaired) electrons. The van der Waals surface area contributed by atoms with E-state index in [0.717, 1.165) is 37.9 Å². The van der Waals surface area contributed by atoms with Gasteiger partial charge in [0.05, 0.1) is 5.54 Å². The minimum atomic E-state index is -0.344. The third-order valence-electron chi connectivity index (χ3n) is 4.64. The summed E-state index contributed by atoms with van der Waals surface area (Å²) in [6.07, 6.45) is 7.02. The first kappa shape index (κ1) is 15.2. The average Bonchev–Trinajstić information content (AvgIpc) is 2.86. The van der Waals surface area contributed by atoms with Gasteiger partial charge in [-0.3, -0.25) is 14.4 Å². The molecule has 2 unspecified atom stereocenters. The smallest absolute Gasteiger partial charge is 0.201 e. The molecule has 1 aromatic rings. The maximum Gasteiger partial charge on any atom is 0.201 e. The standard InChI is InChI=1S/C16H27N3O/c1-5-11-19-14(8-10-17-19)15(20)16(18(3)4)9-6-7-13(2)12-16/h8,10,13H,5-7,9,11-12H2,1-4H3. The highest BCUT2D eigenvalue weighted by atomic mass is 16.1. The molecule has 4 heteroatoms. The van der Waals surface area contributed by atoms with Crippen LogP contribution in [0.3, 0.4) is 0 Å². The Morgan fingerprint density at radius 3 is 2.90 bits per heavy atom. The number of carbonyl (C=O) groups excluding carboxylic acids is 1. The zero-order chi connectivity index (χ0) is 14.8. The number of aromatic nitrogens is 2. The molecule has 1 heterocycles. The number of hydrogen-bond acceptors (Lipinski definition) is 3. The Bertz CT molecular complexity index is 466. The summed E-state index contributed by atoms with van der Waals surface area (Å²) in [5.74, 6) is 0.859. The van der Waals surface area contributed by atoms with Gasteiger partial charge in [0.2, 0.25) is 5.78 Å². The molecule has 1 aromatic heterocycles. The molecule has 0 aromatic carbocycles. The van der Waals surface area contributed by atoms with E-state index in [0.29, 0.717) is 5.92 Å². The minimum Gasteiger partial charge on any atom is -0.297 e. The molecule has 0 saturated heterocycles. The van der Waals surface area contributed by atoms with Crippen LogP contribution < -0.4 is 0 Å². The van der Waals surface area contributed by atoms with Crippen molar-refractivity contribution < 1.29 is 4.79 Å². The number of aryl methyl sites for hydroxylation is 1. The topological polar surface area (TPSA) is 38.1 Å². The first-order valence-electron chi connectivity index (χ1n) is 7.75. The lowest BCUT2D eigenvalue weighted by molar-refractivity contribution is 0.0475. The van der Waals surface area contributed by atoms with Gasteiger partial charge in [0.15, 0.2) is 0 Å². The summed E-state index contributed by atoms with van der Waals surface area (Å²) < 4.78 is 1.87. The van der Waals surface area contributed by atoms with Gasteiger partial charge in [0.25, 0.3) is 0 Å². The van der Waals surface area contributed by atoms with Crippen LogP contribution in [0.25, 0.3) is 0 Å². The average molecular weight is 277 g/mol. The minimum absolute atomic E-state index is 0.250. The van der Waals surface area contributed by atoms with E-state index >= 15 is 0 Å². The SMILES string of the molecule is CCCn1nccc1C(=O)C1(N(C)C)CCCC(C)C1. The molecule has 2 atom stereocenters. The van der Waals surface area contributed by atoms with Crippen LogP contribution in [0.15, 0.2) is 12.3 Å². The van der Waals surface area contributed by atoms with Crippen molar-refractivity contribution in [3.8, 4) is 0 Å². The molecule has 2 rings (SSSR count). The van der Waals surface area contributed by atoms with Crippen LogP contribution in [-0.2, 0) is 6.54 Å². The van der Waals surface area contributed by atoms with Crippen LogP contribution in [0.5, 0.6) is 0 Å². The number of rotatable bonds is 5. The first-order chi connectivity index (χ1) is 9.51. The van der Waals surface area contributed by atoms with Gasteiger partial charge in [-0.15, -0.1) is 0 Å². The third kappa shape index (κ3) is 2.66. The lowest BCUT2D eigenvalue weighted by Gasteiger charge is -2.43. The van der Waals surface area contributed by atoms with Gasteiger partial charge in [-0.25, -0.2) is 0 Å². The molecule has 0 N–H and O–H groups in total. The van der Waals surface area contributed by atoms with E-state index in [2.05, 4.69) is 23.8 Å². The first-order valence-corrected chi connectivity index (χ1v) is 7.75. The highest BCUT2D eigenvalue weighted by Crippen LogP contribution is 2.38. The molecule has 1 fully saturated rings. The largest absolute Gasteiger partial charge is 0.297 e. The summed E-state index contributed by atoms with van der Waals surface area (Å²) in [5.41, 5.74) is 0.429. The number of hydrogen-bond donors (Lipinski definition) is 0. The molecule has 1 saturated carbocycles. The highest BCUT2D eigenvalue weighted by Gasteiger charge is 2.44. The van der Waals surface area contributed by atoms with Gasteiger partial charge < -0.3 is 0 Å². The summed E-state index contributed by atoms with van der Waals surface area (Å²) >= 11 is 0. The maximum atomic E-state index is 13.2. The fourth-order valence-electron chi connectivity index (χ4n) is 3.49. The Morgan fingerprint density at radius 2 is 2.30 bits per heavy atom. The van der Waals surface area contributed by atoms with E-state index in [9.17, 15) is 4.79 Å². The van der Waals surface area contributed by atoms with Crippen molar-refractivity contribution in [1.29, 1.82) is 0 Å². The van der Waals surface area contributed by atoms with E-state index in [1.54, 1.807) is 6.20 Å². The summed E-state index contributed by atoms with van der Waals surface area (Å²) in [4.78, 5) is 15.3. The molecule has 0 amide bonds. The number of nitrogens with zero attached hydrogens (tertiary/aromatic N) is 3. The number of Topliss-reactive ketones (excluding diaryl/α,β-unsaturated/α-hetero) is 1. The van der Waals surface area contributed by atoms with Crippen LogP contribution in [0.2, 0.25) is 0 Å². The van der Waals surface area contributed by atoms with Gasteiger partial charge in [-0.05, 0) is 45.3 Å². The normalized spacial score (nSPS) is 26.9. The molecule has 0 bridgehead atoms. The van der Waals surface area contributed by atoms with Crippen LogP contribution >= 0.6 is 0 Å². The fourth-order valence-corrected chi connectivity index (χ4v) is 3.49. The number of likely N-dealkylation sites (N-methyl/N-ethyl adjacent to an activating group) is 1. The quantitative estimate of drug-likeness (QED) is 0.777. The van der Waals surface area contributed by atoms with Crippen molar-refractivity contribution in [2.45, 2.75) is 58.0 Å². The van der Waals surface area contributed by atoms with E-state index in [1.165, 1.54) is 6.42 Å². The monoisotopic (exact) mass is 277 g/mol. The van der Waals surface area contributed by atoms with Crippen LogP contribution in [0.1, 0.15) is 56.4 Å². The predicted molar refractivity (Wildman–Crippen MR) is 80.9 cm³/mol. The van der Waals surface area contributed by atoms with Gasteiger partial charge in [0, 0.05) is 12.7 Å². The zero-order valence-electron chi connectivity index (χ0n) is 13.2. The summed E-state index contributed by atoms with van der Waals surface area (Å²) in [5, 5.41) is 4.31. The molecule has 0 aliphatic heterocycles. The maximum absolute atomic E-state index is 13.2. The van der Waals surface area contributed by atoms with E-state index in [4.69, 9.17) is 0 Å². The Kier molecular flexibility index (Phi) is 4.63. The lowest BCUT2D eigenvalue weighted by atomic mass is 9.72. The predicted octanol–water partition coefficient (Wildman–Crippen LogP) is 2.99. The number of ketones is 1. The second-order valence-electron chi connectivity index (χ2n) is 6.40. The third-order valence-corrected chi connectivity index (χ3v) is 4.64. The van der Waals surface area contributed by atoms with Crippen molar-refractivity contribution in [1.82, 2.24) is 14.7 Å². The van der Waals surface area contributed by atoms with Gasteiger partial charge in [-0.2, -0.15) is 5.10 Å². The second-order valence-corrected chi connectivity index (χ2v) is 6.40. The Balaban J connectivity index is 2.34. The number of carbonyl (C=O) groups is 1.